The first kappa shape index (κ1) is 15.9. The van der Waals surface area contributed by atoms with Gasteiger partial charge in [-0.1, -0.05) is 0 Å². The Kier molecular flexibility index (Phi) is 5.19. The molecule has 1 aliphatic heterocycles. The minimum absolute atomic E-state index is 0.467. The zero-order valence-corrected chi connectivity index (χ0v) is 13.9. The summed E-state index contributed by atoms with van der Waals surface area (Å²) in [5.41, 5.74) is 0. The molecule has 1 aromatic rings. The number of rotatable bonds is 5. The molecule has 0 radical (unpaired) electrons. The van der Waals surface area contributed by atoms with Crippen LogP contribution in [0, 0.1) is 0 Å². The van der Waals surface area contributed by atoms with E-state index in [1.165, 1.54) is 11.3 Å². The second kappa shape index (κ2) is 6.53. The number of hydrogen-bond acceptors (Lipinski definition) is 5. The van der Waals surface area contributed by atoms with Gasteiger partial charge in [-0.3, -0.25) is 4.90 Å². The van der Waals surface area contributed by atoms with Crippen LogP contribution in [-0.2, 0) is 16.6 Å². The van der Waals surface area contributed by atoms with Gasteiger partial charge >= 0.3 is 0 Å². The molecule has 1 aromatic heterocycles. The van der Waals surface area contributed by atoms with Gasteiger partial charge in [0.2, 0.25) is 10.0 Å². The van der Waals surface area contributed by atoms with Crippen LogP contribution >= 0.6 is 11.3 Å². The highest BCUT2D eigenvalue weighted by Crippen LogP contribution is 2.26. The molecule has 0 aromatic carbocycles. The van der Waals surface area contributed by atoms with Crippen molar-refractivity contribution in [2.45, 2.75) is 31.3 Å². The molecule has 0 spiro atoms. The van der Waals surface area contributed by atoms with E-state index in [0.717, 1.165) is 18.0 Å². The molecule has 0 saturated carbocycles. The highest BCUT2D eigenvalue weighted by Gasteiger charge is 2.31. The summed E-state index contributed by atoms with van der Waals surface area (Å²) in [5.74, 6) is 0. The maximum absolute atomic E-state index is 12.7. The fraction of sp³-hybridized carbons (Fsp3) is 0.692. The Balaban J connectivity index is 2.13. The molecule has 1 saturated heterocycles. The van der Waals surface area contributed by atoms with Crippen LogP contribution in [0.15, 0.2) is 16.3 Å². The van der Waals surface area contributed by atoms with Gasteiger partial charge in [-0.05, 0) is 32.3 Å². The van der Waals surface area contributed by atoms with E-state index in [0.29, 0.717) is 30.6 Å². The van der Waals surface area contributed by atoms with Crippen LogP contribution < -0.4 is 5.32 Å². The predicted octanol–water partition coefficient (Wildman–Crippen LogP) is 1.18. The molecule has 20 heavy (non-hydrogen) atoms. The molecule has 0 atom stereocenters. The predicted molar refractivity (Wildman–Crippen MR) is 82.6 cm³/mol. The van der Waals surface area contributed by atoms with Crippen molar-refractivity contribution in [3.63, 3.8) is 0 Å². The first-order valence-electron chi connectivity index (χ1n) is 6.92. The zero-order valence-electron chi connectivity index (χ0n) is 12.3. The molecular formula is C13H23N3O2S2. The number of piperazine rings is 1. The third-order valence-corrected chi connectivity index (χ3v) is 6.70. The summed E-state index contributed by atoms with van der Waals surface area (Å²) in [4.78, 5) is 3.67. The van der Waals surface area contributed by atoms with E-state index < -0.39 is 10.0 Å². The lowest BCUT2D eigenvalue weighted by Gasteiger charge is -2.36. The van der Waals surface area contributed by atoms with Crippen LogP contribution in [0.4, 0.5) is 0 Å². The topological polar surface area (TPSA) is 52.7 Å². The lowest BCUT2D eigenvalue weighted by Crippen LogP contribution is -2.50. The number of hydrogen-bond donors (Lipinski definition) is 1. The molecule has 0 unspecified atom stereocenters. The van der Waals surface area contributed by atoms with E-state index in [4.69, 9.17) is 0 Å². The van der Waals surface area contributed by atoms with Gasteiger partial charge in [-0.2, -0.15) is 4.31 Å². The molecule has 0 bridgehead atoms. The minimum Gasteiger partial charge on any atom is -0.315 e. The van der Waals surface area contributed by atoms with Crippen molar-refractivity contribution in [1.82, 2.24) is 14.5 Å². The van der Waals surface area contributed by atoms with Crippen LogP contribution in [0.25, 0.3) is 0 Å². The van der Waals surface area contributed by atoms with Gasteiger partial charge in [0.05, 0.1) is 4.90 Å². The van der Waals surface area contributed by atoms with Crippen molar-refractivity contribution >= 4 is 21.4 Å². The standard InChI is InChI=1S/C13H23N3O2S2/c1-11(2)15-5-7-16(8-6-15)20(17,18)13-4-9-19-12(13)10-14-3/h4,9,11,14H,5-8,10H2,1-3H3. The molecule has 0 amide bonds. The lowest BCUT2D eigenvalue weighted by atomic mass is 10.3. The molecular weight excluding hydrogens is 294 g/mol. The number of nitrogens with one attached hydrogen (secondary N) is 1. The summed E-state index contributed by atoms with van der Waals surface area (Å²) < 4.78 is 27.0. The highest BCUT2D eigenvalue weighted by molar-refractivity contribution is 7.89. The zero-order chi connectivity index (χ0) is 14.8. The molecule has 7 heteroatoms. The molecule has 0 aliphatic carbocycles. The van der Waals surface area contributed by atoms with E-state index in [1.807, 2.05) is 12.4 Å². The lowest BCUT2D eigenvalue weighted by molar-refractivity contribution is 0.154. The first-order chi connectivity index (χ1) is 9.46. The fourth-order valence-electron chi connectivity index (χ4n) is 2.45. The normalized spacial score (nSPS) is 18.8. The SMILES string of the molecule is CNCc1sccc1S(=O)(=O)N1CCN(C(C)C)CC1. The molecule has 5 nitrogen and oxygen atoms in total. The van der Waals surface area contributed by atoms with Crippen LogP contribution in [0.3, 0.4) is 0 Å². The maximum Gasteiger partial charge on any atom is 0.244 e. The van der Waals surface area contributed by atoms with Crippen molar-refractivity contribution < 1.29 is 8.42 Å². The van der Waals surface area contributed by atoms with Crippen molar-refractivity contribution in [2.24, 2.45) is 0 Å². The summed E-state index contributed by atoms with van der Waals surface area (Å²) >= 11 is 1.49. The van der Waals surface area contributed by atoms with Gasteiger partial charge < -0.3 is 5.32 Å². The Bertz CT molecular complexity index is 532. The highest BCUT2D eigenvalue weighted by atomic mass is 32.2. The van der Waals surface area contributed by atoms with E-state index in [-0.39, 0.29) is 0 Å². The van der Waals surface area contributed by atoms with E-state index in [9.17, 15) is 8.42 Å². The summed E-state index contributed by atoms with van der Waals surface area (Å²) in [6.45, 7) is 7.66. The Morgan fingerprint density at radius 2 is 1.95 bits per heavy atom. The number of nitrogens with zero attached hydrogens (tertiary/aromatic N) is 2. The van der Waals surface area contributed by atoms with Crippen molar-refractivity contribution in [3.8, 4) is 0 Å². The Morgan fingerprint density at radius 3 is 2.50 bits per heavy atom. The van der Waals surface area contributed by atoms with Gasteiger partial charge in [-0.15, -0.1) is 11.3 Å². The van der Waals surface area contributed by atoms with Crippen LogP contribution in [-0.4, -0.2) is 56.9 Å². The second-order valence-electron chi connectivity index (χ2n) is 5.27. The van der Waals surface area contributed by atoms with Crippen molar-refractivity contribution in [3.05, 3.63) is 16.3 Å². The average molecular weight is 317 g/mol. The minimum atomic E-state index is -3.34. The Hall–Kier alpha value is -0.470. The molecule has 1 N–H and O–H groups in total. The molecule has 114 valence electrons. The fourth-order valence-corrected chi connectivity index (χ4v) is 5.30. The van der Waals surface area contributed by atoms with Crippen molar-refractivity contribution in [2.75, 3.05) is 33.2 Å². The second-order valence-corrected chi connectivity index (χ2v) is 8.18. The number of sulfonamides is 1. The van der Waals surface area contributed by atoms with Gasteiger partial charge in [0.25, 0.3) is 0 Å². The van der Waals surface area contributed by atoms with Gasteiger partial charge in [-0.25, -0.2) is 8.42 Å². The van der Waals surface area contributed by atoms with Gasteiger partial charge in [0.15, 0.2) is 0 Å². The van der Waals surface area contributed by atoms with Crippen LogP contribution in [0.2, 0.25) is 0 Å². The largest absolute Gasteiger partial charge is 0.315 e. The van der Waals surface area contributed by atoms with E-state index in [2.05, 4.69) is 24.1 Å². The summed E-state index contributed by atoms with van der Waals surface area (Å²) in [6, 6.07) is 2.20. The summed E-state index contributed by atoms with van der Waals surface area (Å²) in [5, 5.41) is 4.88. The Morgan fingerprint density at radius 1 is 1.30 bits per heavy atom. The van der Waals surface area contributed by atoms with Gasteiger partial charge in [0.1, 0.15) is 0 Å². The average Bonchev–Trinajstić information content (AvgIpc) is 2.88. The Labute approximate surface area is 125 Å². The van der Waals surface area contributed by atoms with Crippen LogP contribution in [0.5, 0.6) is 0 Å². The smallest absolute Gasteiger partial charge is 0.244 e. The monoisotopic (exact) mass is 317 g/mol. The first-order valence-corrected chi connectivity index (χ1v) is 9.24. The number of thiophene rings is 1. The quantitative estimate of drug-likeness (QED) is 0.886. The van der Waals surface area contributed by atoms with E-state index >= 15 is 0 Å². The summed E-state index contributed by atoms with van der Waals surface area (Å²) in [7, 11) is -1.51. The van der Waals surface area contributed by atoms with Gasteiger partial charge in [0, 0.05) is 43.6 Å². The van der Waals surface area contributed by atoms with Crippen LogP contribution in [0.1, 0.15) is 18.7 Å². The van der Waals surface area contributed by atoms with Crippen molar-refractivity contribution in [1.29, 1.82) is 0 Å². The maximum atomic E-state index is 12.7. The molecule has 2 heterocycles. The third-order valence-electron chi connectivity index (χ3n) is 3.66. The third kappa shape index (κ3) is 3.23. The molecule has 1 aliphatic rings. The van der Waals surface area contributed by atoms with E-state index in [1.54, 1.807) is 10.4 Å². The molecule has 2 rings (SSSR count). The summed E-state index contributed by atoms with van der Waals surface area (Å²) in [6.07, 6.45) is 0. The molecule has 1 fully saturated rings.